The van der Waals surface area contributed by atoms with Crippen LogP contribution in [0.5, 0.6) is 5.88 Å². The molecule has 5 nitrogen and oxygen atoms in total. The molecule has 2 aromatic carbocycles. The lowest BCUT2D eigenvalue weighted by Gasteiger charge is -2.21. The van der Waals surface area contributed by atoms with E-state index < -0.39 is 0 Å². The Kier molecular flexibility index (Phi) is 6.06. The number of ether oxygens (including phenoxy) is 1. The van der Waals surface area contributed by atoms with Crippen molar-refractivity contribution in [1.29, 1.82) is 0 Å². The van der Waals surface area contributed by atoms with E-state index in [1.165, 1.54) is 5.56 Å². The van der Waals surface area contributed by atoms with Gasteiger partial charge in [-0.25, -0.2) is 0 Å². The van der Waals surface area contributed by atoms with Gasteiger partial charge in [-0.15, -0.1) is 10.2 Å². The maximum atomic E-state index is 6.39. The van der Waals surface area contributed by atoms with Gasteiger partial charge in [0.15, 0.2) is 11.9 Å². The van der Waals surface area contributed by atoms with Crippen LogP contribution in [0.15, 0.2) is 46.0 Å². The molecule has 1 aliphatic heterocycles. The molecule has 0 radical (unpaired) electrons. The highest BCUT2D eigenvalue weighted by molar-refractivity contribution is 9.10. The molecule has 2 heterocycles. The van der Waals surface area contributed by atoms with Crippen molar-refractivity contribution in [2.75, 3.05) is 11.1 Å². The normalized spacial score (nSPS) is 15.0. The fourth-order valence-corrected chi connectivity index (χ4v) is 4.44. The highest BCUT2D eigenvalue weighted by Crippen LogP contribution is 2.41. The predicted molar refractivity (Wildman–Crippen MR) is 122 cm³/mol. The SMILES string of the molecule is CCCCSc1nnc2c(n1)O[C@@H](c1cc(C)ccc1C)Nc1ccc(Br)cc1-2. The van der Waals surface area contributed by atoms with E-state index in [9.17, 15) is 0 Å². The van der Waals surface area contributed by atoms with Crippen molar-refractivity contribution in [3.8, 4) is 17.1 Å². The fraction of sp³-hybridized carbons (Fsp3) is 0.318. The third-order valence-corrected chi connectivity index (χ3v) is 6.25. The topological polar surface area (TPSA) is 59.9 Å². The molecule has 150 valence electrons. The predicted octanol–water partition coefficient (Wildman–Crippen LogP) is 6.31. The number of halogens is 1. The number of nitrogens with one attached hydrogen (secondary N) is 1. The van der Waals surface area contributed by atoms with Crippen LogP contribution in [-0.4, -0.2) is 20.9 Å². The summed E-state index contributed by atoms with van der Waals surface area (Å²) in [5.41, 5.74) is 5.96. The largest absolute Gasteiger partial charge is 0.448 e. The molecule has 0 bridgehead atoms. The number of unbranched alkanes of at least 4 members (excludes halogenated alkanes) is 1. The first-order valence-electron chi connectivity index (χ1n) is 9.73. The Morgan fingerprint density at radius 2 is 2.00 bits per heavy atom. The number of thioether (sulfide) groups is 1. The van der Waals surface area contributed by atoms with Gasteiger partial charge in [-0.1, -0.05) is 64.8 Å². The maximum absolute atomic E-state index is 6.39. The molecular weight excluding hydrogens is 448 g/mol. The Labute approximate surface area is 183 Å². The smallest absolute Gasteiger partial charge is 0.247 e. The minimum absolute atomic E-state index is 0.360. The summed E-state index contributed by atoms with van der Waals surface area (Å²) in [4.78, 5) is 4.71. The van der Waals surface area contributed by atoms with E-state index in [2.05, 4.69) is 70.4 Å². The average Bonchev–Trinajstić information content (AvgIpc) is 2.86. The standard InChI is InChI=1S/C22H23BrN4OS/c1-4-5-10-29-22-25-21-19(26-27-22)17-12-15(23)8-9-18(17)24-20(28-21)16-11-13(2)6-7-14(16)3/h6-9,11-12,20,24H,4-5,10H2,1-3H3/t20-/m0/s1. The Balaban J connectivity index is 1.80. The summed E-state index contributed by atoms with van der Waals surface area (Å²) in [6.45, 7) is 6.36. The summed E-state index contributed by atoms with van der Waals surface area (Å²) >= 11 is 5.18. The Morgan fingerprint density at radius 3 is 2.83 bits per heavy atom. The number of rotatable bonds is 5. The van der Waals surface area contributed by atoms with Gasteiger partial charge >= 0.3 is 0 Å². The van der Waals surface area contributed by atoms with E-state index in [1.54, 1.807) is 11.8 Å². The van der Waals surface area contributed by atoms with Crippen molar-refractivity contribution in [1.82, 2.24) is 15.2 Å². The summed E-state index contributed by atoms with van der Waals surface area (Å²) in [5.74, 6) is 1.48. The summed E-state index contributed by atoms with van der Waals surface area (Å²) in [5, 5.41) is 13.0. The molecule has 0 saturated heterocycles. The molecule has 0 aliphatic carbocycles. The van der Waals surface area contributed by atoms with E-state index in [0.717, 1.165) is 45.4 Å². The number of fused-ring (bicyclic) bond motifs is 3. The number of aryl methyl sites for hydroxylation is 2. The quantitative estimate of drug-likeness (QED) is 0.348. The molecule has 1 aromatic heterocycles. The fourth-order valence-electron chi connectivity index (χ4n) is 3.22. The number of nitrogens with zero attached hydrogens (tertiary/aromatic N) is 3. The highest BCUT2D eigenvalue weighted by Gasteiger charge is 2.27. The van der Waals surface area contributed by atoms with Gasteiger partial charge in [0.05, 0.1) is 0 Å². The molecule has 4 rings (SSSR count). The summed E-state index contributed by atoms with van der Waals surface area (Å²) < 4.78 is 7.36. The van der Waals surface area contributed by atoms with Crippen LogP contribution in [0.4, 0.5) is 5.69 Å². The molecule has 0 fully saturated rings. The van der Waals surface area contributed by atoms with Crippen LogP contribution in [0.3, 0.4) is 0 Å². The monoisotopic (exact) mass is 470 g/mol. The molecule has 29 heavy (non-hydrogen) atoms. The van der Waals surface area contributed by atoms with Gasteiger partial charge in [-0.3, -0.25) is 0 Å². The van der Waals surface area contributed by atoms with Crippen LogP contribution in [-0.2, 0) is 0 Å². The lowest BCUT2D eigenvalue weighted by molar-refractivity contribution is 0.224. The van der Waals surface area contributed by atoms with Crippen LogP contribution >= 0.6 is 27.7 Å². The number of hydrogen-bond acceptors (Lipinski definition) is 6. The first-order chi connectivity index (χ1) is 14.0. The first-order valence-corrected chi connectivity index (χ1v) is 11.5. The average molecular weight is 471 g/mol. The van der Waals surface area contributed by atoms with Crippen molar-refractivity contribution < 1.29 is 4.74 Å². The van der Waals surface area contributed by atoms with Crippen LogP contribution in [0, 0.1) is 13.8 Å². The second kappa shape index (κ2) is 8.71. The second-order valence-electron chi connectivity index (χ2n) is 7.14. The molecule has 0 unspecified atom stereocenters. The van der Waals surface area contributed by atoms with E-state index in [1.807, 2.05) is 18.2 Å². The molecule has 0 spiro atoms. The van der Waals surface area contributed by atoms with Crippen LogP contribution in [0.25, 0.3) is 11.3 Å². The molecular formula is C22H23BrN4OS. The van der Waals surface area contributed by atoms with E-state index in [4.69, 9.17) is 9.72 Å². The molecule has 1 N–H and O–H groups in total. The molecule has 0 saturated carbocycles. The van der Waals surface area contributed by atoms with Gasteiger partial charge in [0.2, 0.25) is 11.0 Å². The van der Waals surface area contributed by atoms with Crippen LogP contribution in [0.2, 0.25) is 0 Å². The minimum atomic E-state index is -0.360. The number of anilines is 1. The zero-order valence-electron chi connectivity index (χ0n) is 16.7. The van der Waals surface area contributed by atoms with Gasteiger partial charge in [0.25, 0.3) is 0 Å². The zero-order chi connectivity index (χ0) is 20.4. The van der Waals surface area contributed by atoms with Crippen LogP contribution in [0.1, 0.15) is 42.7 Å². The van der Waals surface area contributed by atoms with Gasteiger partial charge < -0.3 is 10.1 Å². The third-order valence-electron chi connectivity index (χ3n) is 4.83. The lowest BCUT2D eigenvalue weighted by Crippen LogP contribution is -2.18. The van der Waals surface area contributed by atoms with Crippen molar-refractivity contribution in [3.63, 3.8) is 0 Å². The molecule has 1 atom stereocenters. The first kappa shape index (κ1) is 20.2. The summed E-state index contributed by atoms with van der Waals surface area (Å²) in [6, 6.07) is 12.4. The molecule has 7 heteroatoms. The Bertz CT molecular complexity index is 1040. The number of benzene rings is 2. The zero-order valence-corrected chi connectivity index (χ0v) is 19.1. The van der Waals surface area contributed by atoms with Crippen molar-refractivity contribution in [3.05, 3.63) is 57.6 Å². The lowest BCUT2D eigenvalue weighted by atomic mass is 10.0. The minimum Gasteiger partial charge on any atom is -0.448 e. The molecule has 0 amide bonds. The van der Waals surface area contributed by atoms with E-state index >= 15 is 0 Å². The number of aromatic nitrogens is 3. The molecule has 3 aromatic rings. The number of hydrogen-bond donors (Lipinski definition) is 1. The Hall–Kier alpha value is -2.12. The summed E-state index contributed by atoms with van der Waals surface area (Å²) in [7, 11) is 0. The van der Waals surface area contributed by atoms with Gasteiger partial charge in [-0.05, 0) is 44.0 Å². The van der Waals surface area contributed by atoms with Crippen LogP contribution < -0.4 is 10.1 Å². The van der Waals surface area contributed by atoms with Gasteiger partial charge in [-0.2, -0.15) is 4.98 Å². The van der Waals surface area contributed by atoms with Crippen molar-refractivity contribution in [2.45, 2.75) is 45.0 Å². The maximum Gasteiger partial charge on any atom is 0.247 e. The Morgan fingerprint density at radius 1 is 1.14 bits per heavy atom. The van der Waals surface area contributed by atoms with Crippen molar-refractivity contribution >= 4 is 33.4 Å². The summed E-state index contributed by atoms with van der Waals surface area (Å²) in [6.07, 6.45) is 1.90. The second-order valence-corrected chi connectivity index (χ2v) is 9.12. The van der Waals surface area contributed by atoms with Gasteiger partial charge in [0.1, 0.15) is 0 Å². The highest BCUT2D eigenvalue weighted by atomic mass is 79.9. The third kappa shape index (κ3) is 4.41. The van der Waals surface area contributed by atoms with Gasteiger partial charge in [0, 0.05) is 27.0 Å². The van der Waals surface area contributed by atoms with Crippen molar-refractivity contribution in [2.24, 2.45) is 0 Å². The van der Waals surface area contributed by atoms with E-state index in [0.29, 0.717) is 16.7 Å². The molecule has 1 aliphatic rings. The van der Waals surface area contributed by atoms with E-state index in [-0.39, 0.29) is 6.23 Å².